The molecule has 3 rings (SSSR count). The summed E-state index contributed by atoms with van der Waals surface area (Å²) in [7, 11) is 0. The summed E-state index contributed by atoms with van der Waals surface area (Å²) in [5.74, 6) is 0.0147. The fraction of sp³-hybridized carbons (Fsp3) is 0.438. The van der Waals surface area contributed by atoms with Gasteiger partial charge in [-0.3, -0.25) is 9.69 Å². The number of carbonyl (C=O) groups excluding carboxylic acids is 1. The van der Waals surface area contributed by atoms with Crippen molar-refractivity contribution in [3.05, 3.63) is 44.8 Å². The van der Waals surface area contributed by atoms with E-state index in [1.165, 1.54) is 4.88 Å². The molecule has 1 amide bonds. The van der Waals surface area contributed by atoms with Crippen molar-refractivity contribution >= 4 is 28.6 Å². The fourth-order valence-corrected chi connectivity index (χ4v) is 4.23. The lowest BCUT2D eigenvalue weighted by Crippen LogP contribution is -2.40. The van der Waals surface area contributed by atoms with Crippen LogP contribution in [0.25, 0.3) is 0 Å². The van der Waals surface area contributed by atoms with Crippen LogP contribution in [0.2, 0.25) is 0 Å². The van der Waals surface area contributed by atoms with Crippen molar-refractivity contribution in [2.45, 2.75) is 31.6 Å². The quantitative estimate of drug-likeness (QED) is 0.878. The van der Waals surface area contributed by atoms with Crippen LogP contribution in [-0.2, 0) is 17.8 Å². The minimum atomic E-state index is -0.792. The van der Waals surface area contributed by atoms with Crippen LogP contribution in [0.4, 0.5) is 4.39 Å². The number of hydrogen-bond acceptors (Lipinski definition) is 4. The first-order valence-corrected chi connectivity index (χ1v) is 9.16. The van der Waals surface area contributed by atoms with Crippen LogP contribution in [0.3, 0.4) is 0 Å². The highest BCUT2D eigenvalue weighted by molar-refractivity contribution is 7.10. The minimum Gasteiger partial charge on any atom is -0.354 e. The van der Waals surface area contributed by atoms with Crippen molar-refractivity contribution in [3.63, 3.8) is 0 Å². The Labute approximate surface area is 137 Å². The van der Waals surface area contributed by atoms with Crippen molar-refractivity contribution in [2.24, 2.45) is 0 Å². The van der Waals surface area contributed by atoms with Gasteiger partial charge in [0.15, 0.2) is 0 Å². The predicted molar refractivity (Wildman–Crippen MR) is 89.1 cm³/mol. The van der Waals surface area contributed by atoms with E-state index >= 15 is 0 Å². The number of hydrogen-bond donors (Lipinski definition) is 1. The van der Waals surface area contributed by atoms with Crippen LogP contribution in [-0.4, -0.2) is 36.1 Å². The topological polar surface area (TPSA) is 32.3 Å². The maximum atomic E-state index is 13.7. The van der Waals surface area contributed by atoms with Gasteiger partial charge < -0.3 is 5.32 Å². The summed E-state index contributed by atoms with van der Waals surface area (Å²) in [5.41, 5.74) is 0. The standard InChI is InChI=1S/C16H19FN2OS2/c17-12-7-13(19(10-12)11-15-4-2-6-22-15)9-18-16(20)8-14-3-1-5-21-14/h1-6,12-13H,7-11H2,(H,18,20)/t12-,13-/m0/s1. The van der Waals surface area contributed by atoms with Crippen molar-refractivity contribution in [1.82, 2.24) is 10.2 Å². The van der Waals surface area contributed by atoms with E-state index in [0.717, 1.165) is 11.4 Å². The largest absolute Gasteiger partial charge is 0.354 e. The molecule has 0 aliphatic carbocycles. The zero-order valence-electron chi connectivity index (χ0n) is 12.2. The number of rotatable bonds is 6. The van der Waals surface area contributed by atoms with Crippen molar-refractivity contribution in [2.75, 3.05) is 13.1 Å². The fourth-order valence-electron chi connectivity index (χ4n) is 2.80. The number of amides is 1. The average molecular weight is 338 g/mol. The molecule has 1 aliphatic rings. The van der Waals surface area contributed by atoms with Crippen LogP contribution in [0.5, 0.6) is 0 Å². The van der Waals surface area contributed by atoms with Gasteiger partial charge in [-0.05, 0) is 29.3 Å². The Bertz CT molecular complexity index is 585. The van der Waals surface area contributed by atoms with Crippen LogP contribution in [0, 0.1) is 0 Å². The molecular formula is C16H19FN2OS2. The van der Waals surface area contributed by atoms with Gasteiger partial charge >= 0.3 is 0 Å². The second-order valence-corrected chi connectivity index (χ2v) is 7.62. The van der Waals surface area contributed by atoms with Gasteiger partial charge in [-0.25, -0.2) is 4.39 Å². The highest BCUT2D eigenvalue weighted by atomic mass is 32.1. The molecular weight excluding hydrogens is 319 g/mol. The Morgan fingerprint density at radius 1 is 1.27 bits per heavy atom. The third-order valence-electron chi connectivity index (χ3n) is 3.87. The maximum absolute atomic E-state index is 13.7. The van der Waals surface area contributed by atoms with Gasteiger partial charge in [-0.1, -0.05) is 12.1 Å². The Morgan fingerprint density at radius 3 is 2.68 bits per heavy atom. The summed E-state index contributed by atoms with van der Waals surface area (Å²) in [5, 5.41) is 6.96. The van der Waals surface area contributed by atoms with E-state index in [-0.39, 0.29) is 11.9 Å². The molecule has 0 spiro atoms. The lowest BCUT2D eigenvalue weighted by atomic mass is 10.2. The molecule has 1 aliphatic heterocycles. The second-order valence-electron chi connectivity index (χ2n) is 5.56. The smallest absolute Gasteiger partial charge is 0.225 e. The number of halogens is 1. The van der Waals surface area contributed by atoms with Gasteiger partial charge in [0.2, 0.25) is 5.91 Å². The summed E-state index contributed by atoms with van der Waals surface area (Å²) in [6, 6.07) is 8.08. The molecule has 1 N–H and O–H groups in total. The molecule has 0 unspecified atom stereocenters. The third-order valence-corrected chi connectivity index (χ3v) is 5.60. The van der Waals surface area contributed by atoms with Crippen molar-refractivity contribution in [3.8, 4) is 0 Å². The molecule has 22 heavy (non-hydrogen) atoms. The van der Waals surface area contributed by atoms with Gasteiger partial charge in [0.05, 0.1) is 6.42 Å². The van der Waals surface area contributed by atoms with Crippen molar-refractivity contribution < 1.29 is 9.18 Å². The molecule has 0 bridgehead atoms. The predicted octanol–water partition coefficient (Wildman–Crippen LogP) is 3.08. The van der Waals surface area contributed by atoms with Crippen LogP contribution in [0.1, 0.15) is 16.2 Å². The van der Waals surface area contributed by atoms with Gasteiger partial charge in [-0.15, -0.1) is 22.7 Å². The monoisotopic (exact) mass is 338 g/mol. The molecule has 2 aromatic rings. The van der Waals surface area contributed by atoms with E-state index in [0.29, 0.717) is 25.9 Å². The van der Waals surface area contributed by atoms with E-state index in [4.69, 9.17) is 0 Å². The van der Waals surface area contributed by atoms with Gasteiger partial charge in [-0.2, -0.15) is 0 Å². The first kappa shape index (κ1) is 15.6. The number of thiophene rings is 2. The second kappa shape index (κ2) is 7.35. The minimum absolute atomic E-state index is 0.0147. The lowest BCUT2D eigenvalue weighted by Gasteiger charge is -2.23. The average Bonchev–Trinajstić information content (AvgIpc) is 3.20. The van der Waals surface area contributed by atoms with Crippen LogP contribution in [0.15, 0.2) is 35.0 Å². The van der Waals surface area contributed by atoms with Gasteiger partial charge in [0, 0.05) is 35.4 Å². The molecule has 118 valence electrons. The molecule has 0 saturated carbocycles. The highest BCUT2D eigenvalue weighted by Crippen LogP contribution is 2.23. The number of carbonyl (C=O) groups is 1. The molecule has 6 heteroatoms. The number of nitrogens with one attached hydrogen (secondary N) is 1. The summed E-state index contributed by atoms with van der Waals surface area (Å²) in [4.78, 5) is 16.4. The Balaban J connectivity index is 1.50. The molecule has 1 saturated heterocycles. The van der Waals surface area contributed by atoms with E-state index in [9.17, 15) is 9.18 Å². The molecule has 3 heterocycles. The van der Waals surface area contributed by atoms with Crippen LogP contribution >= 0.6 is 22.7 Å². The highest BCUT2D eigenvalue weighted by Gasteiger charge is 2.32. The third kappa shape index (κ3) is 4.15. The molecule has 0 radical (unpaired) electrons. The first-order valence-electron chi connectivity index (χ1n) is 7.40. The van der Waals surface area contributed by atoms with Crippen molar-refractivity contribution in [1.29, 1.82) is 0 Å². The lowest BCUT2D eigenvalue weighted by molar-refractivity contribution is -0.120. The summed E-state index contributed by atoms with van der Waals surface area (Å²) in [6.07, 6.45) is 0.123. The van der Waals surface area contributed by atoms with Gasteiger partial charge in [0.25, 0.3) is 0 Å². The number of likely N-dealkylation sites (tertiary alicyclic amines) is 1. The zero-order valence-corrected chi connectivity index (χ0v) is 13.8. The summed E-state index contributed by atoms with van der Waals surface area (Å²) in [6.45, 7) is 1.75. The van der Waals surface area contributed by atoms with Crippen LogP contribution < -0.4 is 5.32 Å². The Hall–Kier alpha value is -1.24. The molecule has 2 aromatic heterocycles. The molecule has 1 fully saturated rings. The van der Waals surface area contributed by atoms with E-state index in [1.54, 1.807) is 22.7 Å². The maximum Gasteiger partial charge on any atom is 0.225 e. The first-order chi connectivity index (χ1) is 10.7. The van der Waals surface area contributed by atoms with E-state index in [2.05, 4.69) is 16.3 Å². The normalized spacial score (nSPS) is 22.0. The van der Waals surface area contributed by atoms with E-state index < -0.39 is 6.17 Å². The summed E-state index contributed by atoms with van der Waals surface area (Å²) < 4.78 is 13.7. The molecule has 3 nitrogen and oxygen atoms in total. The van der Waals surface area contributed by atoms with E-state index in [1.807, 2.05) is 29.0 Å². The number of nitrogens with zero attached hydrogens (tertiary/aromatic N) is 1. The SMILES string of the molecule is O=C(Cc1cccs1)NC[C@@H]1C[C@H](F)CN1Cc1cccs1. The summed E-state index contributed by atoms with van der Waals surface area (Å²) >= 11 is 3.27. The van der Waals surface area contributed by atoms with Gasteiger partial charge in [0.1, 0.15) is 6.17 Å². The molecule has 2 atom stereocenters. The Morgan fingerprint density at radius 2 is 2.00 bits per heavy atom. The molecule has 0 aromatic carbocycles. The zero-order chi connectivity index (χ0) is 15.4. The Kier molecular flexibility index (Phi) is 5.23. The number of alkyl halides is 1.